The number of alkyl carbamates (subject to hydrolysis) is 1. The van der Waals surface area contributed by atoms with Crippen LogP contribution in [0.4, 0.5) is 30.9 Å². The number of hydrogen-bond acceptors (Lipinski definition) is 12. The van der Waals surface area contributed by atoms with E-state index in [9.17, 15) is 14.9 Å². The topological polar surface area (TPSA) is 158 Å². The number of halogens is 2. The number of cyclic esters (lactones) is 1. The van der Waals surface area contributed by atoms with Crippen molar-refractivity contribution in [3.8, 4) is 23.2 Å². The number of likely N-dealkylation sites (tertiary alicyclic amines) is 1. The van der Waals surface area contributed by atoms with Gasteiger partial charge >= 0.3 is 12.0 Å². The summed E-state index contributed by atoms with van der Waals surface area (Å²) in [7, 11) is 0. The Morgan fingerprint density at radius 2 is 1.85 bits per heavy atom. The first-order valence-corrected chi connectivity index (χ1v) is 15.7. The monoisotopic (exact) mass is 661 g/mol. The maximum absolute atomic E-state index is 15.1. The van der Waals surface area contributed by atoms with Gasteiger partial charge in [-0.1, -0.05) is 0 Å². The molecule has 0 saturated carbocycles. The van der Waals surface area contributed by atoms with Gasteiger partial charge in [-0.05, 0) is 42.5 Å². The fourth-order valence-electron chi connectivity index (χ4n) is 6.16. The third-order valence-corrected chi connectivity index (χ3v) is 8.96. The number of nitrogens with one attached hydrogen (secondary N) is 2. The predicted octanol–water partition coefficient (Wildman–Crippen LogP) is 2.40. The lowest BCUT2D eigenvalue weighted by molar-refractivity contribution is -0.161. The molecule has 250 valence electrons. The molecule has 2 atom stereocenters. The third kappa shape index (κ3) is 6.64. The Hall–Kier alpha value is -5.14. The molecule has 14 nitrogen and oxygen atoms in total. The molecule has 0 aliphatic carbocycles. The number of amides is 2. The fraction of sp³-hybridized carbons (Fsp3) is 0.438. The van der Waals surface area contributed by atoms with Gasteiger partial charge in [0.25, 0.3) is 0 Å². The Morgan fingerprint density at radius 1 is 1.06 bits per heavy atom. The number of anilines is 3. The fourth-order valence-corrected chi connectivity index (χ4v) is 6.16. The zero-order valence-corrected chi connectivity index (χ0v) is 25.8. The molecule has 2 N–H and O–H groups in total. The SMILES string of the molecule is N#Cc1cc(-c2ncnc(Nc3ccc(N4CCN(C5COC5)CC4)cc3)n2)ccc1OC1CCN(C(=O)C2COC(=O)N2)CC1(F)F. The van der Waals surface area contributed by atoms with E-state index in [1.165, 1.54) is 18.5 Å². The van der Waals surface area contributed by atoms with Gasteiger partial charge in [0.05, 0.1) is 31.4 Å². The molecule has 4 aliphatic rings. The number of piperazine rings is 1. The van der Waals surface area contributed by atoms with E-state index in [2.05, 4.69) is 47.5 Å². The van der Waals surface area contributed by atoms with E-state index >= 15 is 8.78 Å². The molecule has 2 amide bonds. The standard InChI is InChI=1S/C32H33F2N9O5/c33-32(34)18-43(29(44)25-17-47-31(45)39-25)8-7-27(32)48-26-6-1-20(13-21(26)14-35)28-36-19-37-30(40-28)38-22-2-4-23(5-3-22)41-9-11-42(12-10-41)24-15-46-16-24/h1-6,13,19,24-25,27H,7-12,15-18H2,(H,39,45)(H,36,37,38,40). The van der Waals surface area contributed by atoms with Gasteiger partial charge < -0.3 is 34.6 Å². The number of aromatic nitrogens is 3. The van der Waals surface area contributed by atoms with Crippen LogP contribution in [0.1, 0.15) is 12.0 Å². The molecule has 48 heavy (non-hydrogen) atoms. The van der Waals surface area contributed by atoms with Gasteiger partial charge in [-0.3, -0.25) is 9.69 Å². The number of alkyl halides is 2. The zero-order valence-electron chi connectivity index (χ0n) is 25.8. The Morgan fingerprint density at radius 3 is 2.52 bits per heavy atom. The molecule has 4 saturated heterocycles. The van der Waals surface area contributed by atoms with Crippen LogP contribution in [0.25, 0.3) is 11.4 Å². The predicted molar refractivity (Wildman–Crippen MR) is 167 cm³/mol. The minimum Gasteiger partial charge on any atom is -0.483 e. The van der Waals surface area contributed by atoms with Crippen molar-refractivity contribution in [3.05, 3.63) is 54.4 Å². The molecular weight excluding hydrogens is 628 g/mol. The summed E-state index contributed by atoms with van der Waals surface area (Å²) in [6.45, 7) is 4.47. The summed E-state index contributed by atoms with van der Waals surface area (Å²) < 4.78 is 46.0. The van der Waals surface area contributed by atoms with Gasteiger partial charge in [0.2, 0.25) is 11.9 Å². The van der Waals surface area contributed by atoms with Gasteiger partial charge in [-0.15, -0.1) is 0 Å². The molecule has 0 bridgehead atoms. The normalized spacial score (nSPS) is 22.6. The lowest BCUT2D eigenvalue weighted by atomic mass is 10.0. The van der Waals surface area contributed by atoms with Crippen molar-refractivity contribution < 1.29 is 32.6 Å². The number of hydrogen-bond donors (Lipinski definition) is 2. The summed E-state index contributed by atoms with van der Waals surface area (Å²) in [5, 5.41) is 15.3. The second-order valence-corrected chi connectivity index (χ2v) is 12.1. The highest BCUT2D eigenvalue weighted by atomic mass is 19.3. The molecule has 2 unspecified atom stereocenters. The summed E-state index contributed by atoms with van der Waals surface area (Å²) in [6, 6.07) is 14.1. The minimum atomic E-state index is -3.41. The Bertz CT molecular complexity index is 1710. The first kappa shape index (κ1) is 31.5. The van der Waals surface area contributed by atoms with E-state index in [0.717, 1.165) is 55.7 Å². The van der Waals surface area contributed by atoms with Crippen molar-refractivity contribution in [2.24, 2.45) is 0 Å². The molecule has 5 heterocycles. The first-order chi connectivity index (χ1) is 23.3. The van der Waals surface area contributed by atoms with Crippen LogP contribution in [-0.2, 0) is 14.3 Å². The zero-order chi connectivity index (χ0) is 33.3. The third-order valence-electron chi connectivity index (χ3n) is 8.96. The number of benzene rings is 2. The minimum absolute atomic E-state index is 0.0116. The number of piperidine rings is 1. The van der Waals surface area contributed by atoms with Gasteiger partial charge in [0.1, 0.15) is 30.8 Å². The van der Waals surface area contributed by atoms with Crippen LogP contribution < -0.4 is 20.3 Å². The van der Waals surface area contributed by atoms with Gasteiger partial charge in [-0.2, -0.15) is 10.2 Å². The number of carbonyl (C=O) groups is 2. The maximum atomic E-state index is 15.1. The summed E-state index contributed by atoms with van der Waals surface area (Å²) in [6.07, 6.45) is -1.16. The van der Waals surface area contributed by atoms with Crippen LogP contribution in [0.5, 0.6) is 5.75 Å². The number of ether oxygens (including phenoxy) is 3. The number of nitriles is 1. The van der Waals surface area contributed by atoms with Crippen molar-refractivity contribution >= 4 is 29.3 Å². The smallest absolute Gasteiger partial charge is 0.407 e. The van der Waals surface area contributed by atoms with Gasteiger partial charge in [0, 0.05) is 56.1 Å². The van der Waals surface area contributed by atoms with E-state index in [1.807, 2.05) is 18.2 Å². The molecule has 4 aliphatic heterocycles. The summed E-state index contributed by atoms with van der Waals surface area (Å²) >= 11 is 0. The highest BCUT2D eigenvalue weighted by Crippen LogP contribution is 2.34. The number of carbonyl (C=O) groups excluding carboxylic acids is 2. The second kappa shape index (κ2) is 13.2. The maximum Gasteiger partial charge on any atom is 0.407 e. The van der Waals surface area contributed by atoms with Crippen LogP contribution in [0, 0.1) is 11.3 Å². The van der Waals surface area contributed by atoms with Crippen molar-refractivity contribution in [2.75, 3.05) is 69.3 Å². The van der Waals surface area contributed by atoms with Crippen LogP contribution in [0.15, 0.2) is 48.8 Å². The van der Waals surface area contributed by atoms with Crippen LogP contribution in [0.3, 0.4) is 0 Å². The highest BCUT2D eigenvalue weighted by Gasteiger charge is 2.49. The average molecular weight is 662 g/mol. The van der Waals surface area contributed by atoms with Crippen LogP contribution in [-0.4, -0.2) is 120 Å². The van der Waals surface area contributed by atoms with E-state index in [-0.39, 0.29) is 36.7 Å². The van der Waals surface area contributed by atoms with Crippen molar-refractivity contribution in [1.29, 1.82) is 5.26 Å². The van der Waals surface area contributed by atoms with Crippen molar-refractivity contribution in [3.63, 3.8) is 0 Å². The quantitative estimate of drug-likeness (QED) is 0.364. The molecule has 1 aromatic heterocycles. The summed E-state index contributed by atoms with van der Waals surface area (Å²) in [4.78, 5) is 42.6. The Labute approximate surface area is 274 Å². The van der Waals surface area contributed by atoms with E-state index in [4.69, 9.17) is 14.2 Å². The van der Waals surface area contributed by atoms with E-state index in [1.54, 1.807) is 6.07 Å². The largest absolute Gasteiger partial charge is 0.483 e. The lowest BCUT2D eigenvalue weighted by Gasteiger charge is -2.43. The Balaban J connectivity index is 0.972. The van der Waals surface area contributed by atoms with E-state index < -0.39 is 36.6 Å². The van der Waals surface area contributed by atoms with E-state index in [0.29, 0.717) is 17.6 Å². The van der Waals surface area contributed by atoms with Crippen molar-refractivity contribution in [1.82, 2.24) is 30.1 Å². The molecule has 4 fully saturated rings. The molecular formula is C32H33F2N9O5. The molecule has 2 aromatic carbocycles. The highest BCUT2D eigenvalue weighted by molar-refractivity contribution is 5.88. The summed E-state index contributed by atoms with van der Waals surface area (Å²) in [5.41, 5.74) is 2.43. The lowest BCUT2D eigenvalue weighted by Crippen LogP contribution is -2.58. The molecule has 3 aromatic rings. The molecule has 0 spiro atoms. The number of nitrogens with zero attached hydrogens (tertiary/aromatic N) is 7. The van der Waals surface area contributed by atoms with Gasteiger partial charge in [-0.25, -0.2) is 23.5 Å². The molecule has 7 rings (SSSR count). The molecule has 0 radical (unpaired) electrons. The van der Waals surface area contributed by atoms with Crippen LogP contribution >= 0.6 is 0 Å². The Kier molecular flexibility index (Phi) is 8.63. The summed E-state index contributed by atoms with van der Waals surface area (Å²) in [5.74, 6) is -3.49. The number of rotatable bonds is 8. The van der Waals surface area contributed by atoms with Gasteiger partial charge in [0.15, 0.2) is 11.9 Å². The average Bonchev–Trinajstić information content (AvgIpc) is 3.51. The molecule has 16 heteroatoms. The first-order valence-electron chi connectivity index (χ1n) is 15.7. The van der Waals surface area contributed by atoms with Crippen LogP contribution in [0.2, 0.25) is 0 Å². The van der Waals surface area contributed by atoms with Crippen molar-refractivity contribution in [2.45, 2.75) is 30.5 Å². The second-order valence-electron chi connectivity index (χ2n) is 12.1.